The van der Waals surface area contributed by atoms with Crippen LogP contribution in [0.5, 0.6) is 5.75 Å². The van der Waals surface area contributed by atoms with Gasteiger partial charge in [-0.2, -0.15) is 0 Å². The van der Waals surface area contributed by atoms with Crippen LogP contribution in [0.2, 0.25) is 0 Å². The average Bonchev–Trinajstić information content (AvgIpc) is 2.88. The number of anilines is 1. The van der Waals surface area contributed by atoms with Crippen LogP contribution in [0.15, 0.2) is 24.3 Å². The molecule has 0 saturated carbocycles. The molecule has 1 N–H and O–H groups in total. The monoisotopic (exact) mass is 248 g/mol. The van der Waals surface area contributed by atoms with Crippen molar-refractivity contribution in [2.45, 2.75) is 19.3 Å². The molecule has 1 aromatic carbocycles. The van der Waals surface area contributed by atoms with Crippen LogP contribution in [0.4, 0.5) is 5.69 Å². The molecule has 0 radical (unpaired) electrons. The number of ether oxygens (including phenoxy) is 1. The number of para-hydroxylation sites is 2. The second kappa shape index (κ2) is 6.64. The van der Waals surface area contributed by atoms with E-state index in [1.807, 2.05) is 19.2 Å². The van der Waals surface area contributed by atoms with Crippen LogP contribution in [0.1, 0.15) is 19.3 Å². The fraction of sp³-hybridized carbons (Fsp3) is 0.600. The van der Waals surface area contributed by atoms with Gasteiger partial charge in [0.05, 0.1) is 12.8 Å². The van der Waals surface area contributed by atoms with E-state index in [2.05, 4.69) is 22.3 Å². The first-order valence-electron chi connectivity index (χ1n) is 6.87. The molecule has 3 nitrogen and oxygen atoms in total. The largest absolute Gasteiger partial charge is 0.495 e. The maximum Gasteiger partial charge on any atom is 0.142 e. The summed E-state index contributed by atoms with van der Waals surface area (Å²) in [6.07, 6.45) is 3.91. The molecule has 0 amide bonds. The predicted molar refractivity (Wildman–Crippen MR) is 76.5 cm³/mol. The lowest BCUT2D eigenvalue weighted by atomic mass is 10.0. The summed E-state index contributed by atoms with van der Waals surface area (Å²) in [5.74, 6) is 1.83. The molecule has 1 aromatic rings. The van der Waals surface area contributed by atoms with Crippen molar-refractivity contribution in [1.29, 1.82) is 0 Å². The van der Waals surface area contributed by atoms with E-state index in [0.29, 0.717) is 0 Å². The number of nitrogens with one attached hydrogen (secondary N) is 1. The van der Waals surface area contributed by atoms with Crippen LogP contribution in [0.25, 0.3) is 0 Å². The summed E-state index contributed by atoms with van der Waals surface area (Å²) < 4.78 is 5.44. The van der Waals surface area contributed by atoms with Crippen molar-refractivity contribution < 1.29 is 4.74 Å². The third-order valence-corrected chi connectivity index (χ3v) is 3.75. The van der Waals surface area contributed by atoms with Crippen molar-refractivity contribution in [2.75, 3.05) is 38.7 Å². The number of rotatable bonds is 6. The van der Waals surface area contributed by atoms with E-state index in [-0.39, 0.29) is 0 Å². The normalized spacial score (nSPS) is 19.2. The van der Waals surface area contributed by atoms with Gasteiger partial charge in [0.1, 0.15) is 5.75 Å². The fourth-order valence-corrected chi connectivity index (χ4v) is 2.75. The summed E-state index contributed by atoms with van der Waals surface area (Å²) in [6.45, 7) is 3.46. The minimum Gasteiger partial charge on any atom is -0.495 e. The van der Waals surface area contributed by atoms with E-state index < -0.39 is 0 Å². The second-order valence-electron chi connectivity index (χ2n) is 5.02. The molecule has 1 unspecified atom stereocenters. The van der Waals surface area contributed by atoms with Gasteiger partial charge in [-0.3, -0.25) is 0 Å². The Balaban J connectivity index is 1.91. The van der Waals surface area contributed by atoms with Crippen molar-refractivity contribution in [3.05, 3.63) is 24.3 Å². The molecule has 3 heteroatoms. The smallest absolute Gasteiger partial charge is 0.142 e. The standard InChI is InChI=1S/C15H24N2O/c1-16-10-5-6-13-9-11-17(12-13)14-7-3-4-8-15(14)18-2/h3-4,7-8,13,16H,5-6,9-12H2,1-2H3. The Morgan fingerprint density at radius 2 is 2.22 bits per heavy atom. The Bertz CT molecular complexity index is 367. The van der Waals surface area contributed by atoms with Gasteiger partial charge in [-0.1, -0.05) is 12.1 Å². The molecule has 100 valence electrons. The van der Waals surface area contributed by atoms with Gasteiger partial charge in [0.15, 0.2) is 0 Å². The molecular weight excluding hydrogens is 224 g/mol. The van der Waals surface area contributed by atoms with Crippen molar-refractivity contribution in [3.63, 3.8) is 0 Å². The zero-order valence-corrected chi connectivity index (χ0v) is 11.5. The Morgan fingerprint density at radius 1 is 1.39 bits per heavy atom. The lowest BCUT2D eigenvalue weighted by molar-refractivity contribution is 0.414. The van der Waals surface area contributed by atoms with Gasteiger partial charge in [-0.05, 0) is 50.9 Å². The minimum atomic E-state index is 0.836. The Kier molecular flexibility index (Phi) is 4.88. The quantitative estimate of drug-likeness (QED) is 0.783. The molecule has 2 rings (SSSR count). The van der Waals surface area contributed by atoms with E-state index in [1.54, 1.807) is 7.11 Å². The molecular formula is C15H24N2O. The molecule has 1 atom stereocenters. The summed E-state index contributed by atoms with van der Waals surface area (Å²) in [5.41, 5.74) is 1.25. The predicted octanol–water partition coefficient (Wildman–Crippen LogP) is 2.52. The van der Waals surface area contributed by atoms with Gasteiger partial charge >= 0.3 is 0 Å². The topological polar surface area (TPSA) is 24.5 Å². The number of benzene rings is 1. The lowest BCUT2D eigenvalue weighted by Gasteiger charge is -2.21. The molecule has 1 fully saturated rings. The summed E-state index contributed by atoms with van der Waals surface area (Å²) in [4.78, 5) is 2.46. The fourth-order valence-electron chi connectivity index (χ4n) is 2.75. The second-order valence-corrected chi connectivity index (χ2v) is 5.02. The Hall–Kier alpha value is -1.22. The third-order valence-electron chi connectivity index (χ3n) is 3.75. The zero-order chi connectivity index (χ0) is 12.8. The number of hydrogen-bond donors (Lipinski definition) is 1. The van der Waals surface area contributed by atoms with Crippen LogP contribution in [-0.2, 0) is 0 Å². The van der Waals surface area contributed by atoms with Gasteiger partial charge in [0.2, 0.25) is 0 Å². The van der Waals surface area contributed by atoms with Crippen molar-refractivity contribution in [1.82, 2.24) is 5.32 Å². The highest BCUT2D eigenvalue weighted by Gasteiger charge is 2.23. The van der Waals surface area contributed by atoms with Crippen LogP contribution in [-0.4, -0.2) is 33.8 Å². The Morgan fingerprint density at radius 3 is 3.00 bits per heavy atom. The maximum absolute atomic E-state index is 5.44. The molecule has 18 heavy (non-hydrogen) atoms. The van der Waals surface area contributed by atoms with Crippen molar-refractivity contribution in [2.24, 2.45) is 5.92 Å². The molecule has 1 aliphatic rings. The third kappa shape index (κ3) is 3.16. The summed E-state index contributed by atoms with van der Waals surface area (Å²) >= 11 is 0. The number of hydrogen-bond acceptors (Lipinski definition) is 3. The van der Waals surface area contributed by atoms with Crippen molar-refractivity contribution in [3.8, 4) is 5.75 Å². The SMILES string of the molecule is CNCCCC1CCN(c2ccccc2OC)C1. The van der Waals surface area contributed by atoms with E-state index in [1.165, 1.54) is 31.5 Å². The van der Waals surface area contributed by atoms with E-state index in [9.17, 15) is 0 Å². The molecule has 0 spiro atoms. The summed E-state index contributed by atoms with van der Waals surface area (Å²) in [6, 6.07) is 8.33. The van der Waals surface area contributed by atoms with Gasteiger partial charge in [0, 0.05) is 13.1 Å². The van der Waals surface area contributed by atoms with Crippen LogP contribution < -0.4 is 15.0 Å². The average molecular weight is 248 g/mol. The zero-order valence-electron chi connectivity index (χ0n) is 11.5. The first kappa shape index (κ1) is 13.2. The minimum absolute atomic E-state index is 0.836. The van der Waals surface area contributed by atoms with Crippen LogP contribution in [0.3, 0.4) is 0 Å². The van der Waals surface area contributed by atoms with Crippen LogP contribution in [0, 0.1) is 5.92 Å². The van der Waals surface area contributed by atoms with E-state index in [0.717, 1.165) is 24.8 Å². The highest BCUT2D eigenvalue weighted by Crippen LogP contribution is 2.32. The first-order chi connectivity index (χ1) is 8.85. The Labute approximate surface area is 110 Å². The first-order valence-corrected chi connectivity index (χ1v) is 6.87. The summed E-state index contributed by atoms with van der Waals surface area (Å²) in [5, 5.41) is 3.22. The molecule has 1 heterocycles. The molecule has 0 aliphatic carbocycles. The molecule has 1 saturated heterocycles. The highest BCUT2D eigenvalue weighted by molar-refractivity contribution is 5.58. The molecule has 0 aromatic heterocycles. The van der Waals surface area contributed by atoms with Crippen molar-refractivity contribution >= 4 is 5.69 Å². The van der Waals surface area contributed by atoms with Gasteiger partial charge in [-0.25, -0.2) is 0 Å². The number of methoxy groups -OCH3 is 1. The van der Waals surface area contributed by atoms with E-state index in [4.69, 9.17) is 4.74 Å². The van der Waals surface area contributed by atoms with Gasteiger partial charge < -0.3 is 15.0 Å². The van der Waals surface area contributed by atoms with E-state index >= 15 is 0 Å². The van der Waals surface area contributed by atoms with Gasteiger partial charge in [0.25, 0.3) is 0 Å². The lowest BCUT2D eigenvalue weighted by Crippen LogP contribution is -2.20. The maximum atomic E-state index is 5.44. The molecule has 0 bridgehead atoms. The number of nitrogens with zero attached hydrogens (tertiary/aromatic N) is 1. The van der Waals surface area contributed by atoms with Crippen LogP contribution >= 0.6 is 0 Å². The highest BCUT2D eigenvalue weighted by atomic mass is 16.5. The summed E-state index contributed by atoms with van der Waals surface area (Å²) in [7, 11) is 3.77. The molecule has 1 aliphatic heterocycles. The van der Waals surface area contributed by atoms with Gasteiger partial charge in [-0.15, -0.1) is 0 Å².